The van der Waals surface area contributed by atoms with Gasteiger partial charge in [-0.3, -0.25) is 10.1 Å². The number of rotatable bonds is 5. The van der Waals surface area contributed by atoms with Gasteiger partial charge < -0.3 is 5.73 Å². The zero-order valence-electron chi connectivity index (χ0n) is 11.7. The maximum Gasteiger partial charge on any atom is 0.232 e. The van der Waals surface area contributed by atoms with Crippen molar-refractivity contribution in [2.45, 2.75) is 32.1 Å². The highest BCUT2D eigenvalue weighted by molar-refractivity contribution is 7.92. The second kappa shape index (κ2) is 6.43. The lowest BCUT2D eigenvalue weighted by molar-refractivity contribution is 0.385. The van der Waals surface area contributed by atoms with Gasteiger partial charge in [0.25, 0.3) is 0 Å². The Labute approximate surface area is 124 Å². The Morgan fingerprint density at radius 1 is 1.33 bits per heavy atom. The molecule has 0 radical (unpaired) electrons. The number of hydrogen-bond donors (Lipinski definition) is 3. The molecule has 2 rings (SSSR count). The smallest absolute Gasteiger partial charge is 0.232 e. The molecule has 1 aromatic carbocycles. The van der Waals surface area contributed by atoms with Crippen molar-refractivity contribution in [1.82, 2.24) is 0 Å². The number of anilines is 1. The maximum atomic E-state index is 13.4. The Kier molecular flexibility index (Phi) is 4.82. The molecule has 4 N–H and O–H groups in total. The summed E-state index contributed by atoms with van der Waals surface area (Å²) in [7, 11) is -3.47. The van der Waals surface area contributed by atoms with E-state index in [1.165, 1.54) is 18.6 Å². The van der Waals surface area contributed by atoms with Crippen molar-refractivity contribution in [2.75, 3.05) is 10.5 Å². The monoisotopic (exact) mass is 313 g/mol. The summed E-state index contributed by atoms with van der Waals surface area (Å²) in [6.45, 7) is 0. The molecule has 0 unspecified atom stereocenters. The lowest BCUT2D eigenvalue weighted by Crippen LogP contribution is -2.24. The van der Waals surface area contributed by atoms with Crippen molar-refractivity contribution in [3.63, 3.8) is 0 Å². The maximum absolute atomic E-state index is 13.4. The van der Waals surface area contributed by atoms with Crippen LogP contribution in [0.15, 0.2) is 18.2 Å². The van der Waals surface area contributed by atoms with E-state index in [4.69, 9.17) is 11.1 Å². The summed E-state index contributed by atoms with van der Waals surface area (Å²) >= 11 is 0. The number of hydrogen-bond acceptors (Lipinski definition) is 3. The van der Waals surface area contributed by atoms with Crippen LogP contribution in [-0.2, 0) is 10.0 Å². The predicted molar refractivity (Wildman–Crippen MR) is 81.4 cm³/mol. The molecule has 116 valence electrons. The van der Waals surface area contributed by atoms with E-state index in [0.29, 0.717) is 0 Å². The largest absolute Gasteiger partial charge is 0.384 e. The highest BCUT2D eigenvalue weighted by atomic mass is 32.2. The molecule has 0 atom stereocenters. The van der Waals surface area contributed by atoms with Crippen molar-refractivity contribution in [3.8, 4) is 0 Å². The van der Waals surface area contributed by atoms with Gasteiger partial charge in [-0.05, 0) is 37.0 Å². The average Bonchev–Trinajstić information content (AvgIpc) is 2.41. The number of sulfonamides is 1. The Morgan fingerprint density at radius 2 is 2.00 bits per heavy atom. The van der Waals surface area contributed by atoms with Gasteiger partial charge >= 0.3 is 0 Å². The van der Waals surface area contributed by atoms with E-state index in [-0.39, 0.29) is 22.9 Å². The fourth-order valence-electron chi connectivity index (χ4n) is 2.68. The van der Waals surface area contributed by atoms with Crippen LogP contribution in [0.5, 0.6) is 0 Å². The average molecular weight is 313 g/mol. The number of nitrogen functional groups attached to an aromatic ring is 1. The molecular weight excluding hydrogens is 293 g/mol. The standard InChI is InChI=1S/C14H20FN3O2S/c15-13-7-6-11(8-12(13)14(16)17)18-21(19,20)9-10-4-2-1-3-5-10/h6-8,10,18H,1-5,9H2,(H3,16,17). The lowest BCUT2D eigenvalue weighted by atomic mass is 9.91. The van der Waals surface area contributed by atoms with Crippen LogP contribution in [0, 0.1) is 17.1 Å². The van der Waals surface area contributed by atoms with Crippen molar-refractivity contribution in [3.05, 3.63) is 29.6 Å². The zero-order chi connectivity index (χ0) is 15.5. The first-order valence-corrected chi connectivity index (χ1v) is 8.67. The fraction of sp³-hybridized carbons (Fsp3) is 0.500. The van der Waals surface area contributed by atoms with Crippen molar-refractivity contribution in [2.24, 2.45) is 11.7 Å². The molecule has 1 aromatic rings. The Morgan fingerprint density at radius 3 is 2.62 bits per heavy atom. The molecule has 21 heavy (non-hydrogen) atoms. The molecule has 1 fully saturated rings. The summed E-state index contributed by atoms with van der Waals surface area (Å²) in [6.07, 6.45) is 5.19. The Balaban J connectivity index is 2.09. The predicted octanol–water partition coefficient (Wildman–Crippen LogP) is 2.43. The molecule has 1 aliphatic rings. The highest BCUT2D eigenvalue weighted by Gasteiger charge is 2.21. The van der Waals surface area contributed by atoms with Crippen LogP contribution >= 0.6 is 0 Å². The van der Waals surface area contributed by atoms with E-state index in [2.05, 4.69) is 4.72 Å². The third-order valence-corrected chi connectivity index (χ3v) is 5.17. The van der Waals surface area contributed by atoms with Crippen molar-refractivity contribution >= 4 is 21.5 Å². The van der Waals surface area contributed by atoms with Crippen LogP contribution in [-0.4, -0.2) is 20.0 Å². The first kappa shape index (κ1) is 15.8. The lowest BCUT2D eigenvalue weighted by Gasteiger charge is -2.21. The topological polar surface area (TPSA) is 96.0 Å². The van der Waals surface area contributed by atoms with E-state index in [1.54, 1.807) is 0 Å². The Hall–Kier alpha value is -1.63. The minimum Gasteiger partial charge on any atom is -0.384 e. The molecule has 1 saturated carbocycles. The molecular formula is C14H20FN3O2S. The number of nitrogens with two attached hydrogens (primary N) is 1. The van der Waals surface area contributed by atoms with Crippen LogP contribution in [0.4, 0.5) is 10.1 Å². The molecule has 5 nitrogen and oxygen atoms in total. The second-order valence-electron chi connectivity index (χ2n) is 5.50. The van der Waals surface area contributed by atoms with Crippen LogP contribution in [0.1, 0.15) is 37.7 Å². The molecule has 0 aromatic heterocycles. The normalized spacial score (nSPS) is 16.6. The number of benzene rings is 1. The van der Waals surface area contributed by atoms with Gasteiger partial charge in [-0.25, -0.2) is 12.8 Å². The number of halogens is 1. The number of amidine groups is 1. The second-order valence-corrected chi connectivity index (χ2v) is 7.26. The molecule has 0 heterocycles. The van der Waals surface area contributed by atoms with Gasteiger partial charge in [0, 0.05) is 5.69 Å². The van der Waals surface area contributed by atoms with E-state index in [9.17, 15) is 12.8 Å². The van der Waals surface area contributed by atoms with Gasteiger partial charge in [0.05, 0.1) is 11.3 Å². The van der Waals surface area contributed by atoms with E-state index in [1.807, 2.05) is 0 Å². The molecule has 0 amide bonds. The quantitative estimate of drug-likeness (QED) is 0.575. The van der Waals surface area contributed by atoms with Crippen LogP contribution in [0.2, 0.25) is 0 Å². The van der Waals surface area contributed by atoms with Gasteiger partial charge in [0.2, 0.25) is 10.0 Å². The minimum atomic E-state index is -3.47. The molecule has 7 heteroatoms. The molecule has 0 aliphatic heterocycles. The summed E-state index contributed by atoms with van der Waals surface area (Å²) in [5.74, 6) is -0.803. The summed E-state index contributed by atoms with van der Waals surface area (Å²) in [4.78, 5) is 0. The first-order valence-electron chi connectivity index (χ1n) is 7.02. The summed E-state index contributed by atoms with van der Waals surface area (Å²) in [5, 5.41) is 7.27. The fourth-order valence-corrected chi connectivity index (χ4v) is 4.20. The highest BCUT2D eigenvalue weighted by Crippen LogP contribution is 2.25. The molecule has 0 spiro atoms. The SMILES string of the molecule is N=C(N)c1cc(NS(=O)(=O)CC2CCCCC2)ccc1F. The van der Waals surface area contributed by atoms with Crippen LogP contribution < -0.4 is 10.5 Å². The summed E-state index contributed by atoms with van der Waals surface area (Å²) in [5.41, 5.74) is 5.39. The summed E-state index contributed by atoms with van der Waals surface area (Å²) < 4.78 is 40.2. The molecule has 0 saturated heterocycles. The van der Waals surface area contributed by atoms with Gasteiger partial charge in [0.1, 0.15) is 11.7 Å². The molecule has 1 aliphatic carbocycles. The van der Waals surface area contributed by atoms with Crippen LogP contribution in [0.3, 0.4) is 0 Å². The zero-order valence-corrected chi connectivity index (χ0v) is 12.5. The van der Waals surface area contributed by atoms with Gasteiger partial charge in [-0.2, -0.15) is 0 Å². The van der Waals surface area contributed by atoms with E-state index >= 15 is 0 Å². The number of nitrogens with one attached hydrogen (secondary N) is 2. The Bertz CT molecular complexity index is 625. The third kappa shape index (κ3) is 4.42. The minimum absolute atomic E-state index is 0.0831. The molecule has 0 bridgehead atoms. The van der Waals surface area contributed by atoms with Gasteiger partial charge in [0.15, 0.2) is 0 Å². The van der Waals surface area contributed by atoms with Gasteiger partial charge in [-0.15, -0.1) is 0 Å². The van der Waals surface area contributed by atoms with Gasteiger partial charge in [-0.1, -0.05) is 19.3 Å². The van der Waals surface area contributed by atoms with Crippen molar-refractivity contribution < 1.29 is 12.8 Å². The summed E-state index contributed by atoms with van der Waals surface area (Å²) in [6, 6.07) is 3.69. The van der Waals surface area contributed by atoms with E-state index in [0.717, 1.165) is 31.7 Å². The van der Waals surface area contributed by atoms with Crippen LogP contribution in [0.25, 0.3) is 0 Å². The third-order valence-electron chi connectivity index (χ3n) is 3.71. The first-order chi connectivity index (χ1) is 9.87. The van der Waals surface area contributed by atoms with E-state index < -0.39 is 21.7 Å². The van der Waals surface area contributed by atoms with Crippen molar-refractivity contribution in [1.29, 1.82) is 5.41 Å².